The van der Waals surface area contributed by atoms with Crippen molar-refractivity contribution in [3.8, 4) is 0 Å². The Morgan fingerprint density at radius 2 is 1.93 bits per heavy atom. The van der Waals surface area contributed by atoms with E-state index in [2.05, 4.69) is 0 Å². The normalized spacial score (nSPS) is 10.6. The molecule has 0 saturated carbocycles. The van der Waals surface area contributed by atoms with Gasteiger partial charge in [0.25, 0.3) is 5.76 Å². The van der Waals surface area contributed by atoms with E-state index < -0.39 is 5.76 Å². The van der Waals surface area contributed by atoms with E-state index >= 15 is 0 Å². The van der Waals surface area contributed by atoms with Crippen LogP contribution in [0.25, 0.3) is 0 Å². The minimum absolute atomic E-state index is 0.0959. The van der Waals surface area contributed by atoms with E-state index in [0.717, 1.165) is 0 Å². The maximum absolute atomic E-state index is 11.9. The molecule has 14 heavy (non-hydrogen) atoms. The van der Waals surface area contributed by atoms with Crippen LogP contribution in [-0.2, 0) is 0 Å². The summed E-state index contributed by atoms with van der Waals surface area (Å²) in [6.45, 7) is 0. The summed E-state index contributed by atoms with van der Waals surface area (Å²) in [5.74, 6) is -2.74. The second-order valence-corrected chi connectivity index (χ2v) is 3.79. The highest BCUT2D eigenvalue weighted by Crippen LogP contribution is 2.25. The van der Waals surface area contributed by atoms with Crippen molar-refractivity contribution in [1.82, 2.24) is 0 Å². The summed E-state index contributed by atoms with van der Waals surface area (Å²) in [5.41, 5.74) is 0.443. The Morgan fingerprint density at radius 1 is 1.36 bits per heavy atom. The van der Waals surface area contributed by atoms with Crippen LogP contribution in [0, 0.1) is 0 Å². The van der Waals surface area contributed by atoms with E-state index in [1.807, 2.05) is 0 Å². The van der Waals surface area contributed by atoms with Crippen molar-refractivity contribution >= 4 is 29.1 Å². The quantitative estimate of drug-likeness (QED) is 0.453. The lowest BCUT2D eigenvalue weighted by atomic mass is 10.1. The van der Waals surface area contributed by atoms with Gasteiger partial charge in [-0.05, 0) is 12.1 Å². The predicted molar refractivity (Wildman–Crippen MR) is 53.4 cm³/mol. The van der Waals surface area contributed by atoms with Gasteiger partial charge in [-0.3, -0.25) is 4.79 Å². The maximum atomic E-state index is 11.9. The zero-order valence-electron chi connectivity index (χ0n) is 7.04. The zero-order chi connectivity index (χ0) is 10.6. The van der Waals surface area contributed by atoms with Gasteiger partial charge in [0.1, 0.15) is 0 Å². The van der Waals surface area contributed by atoms with Crippen LogP contribution in [0.15, 0.2) is 29.2 Å². The minimum Gasteiger partial charge on any atom is -0.293 e. The number of hydrogen-bond acceptors (Lipinski definition) is 2. The highest BCUT2D eigenvalue weighted by atomic mass is 35.5. The molecule has 0 aromatic heterocycles. The number of rotatable bonds is 4. The number of ketones is 1. The first-order valence-corrected chi connectivity index (χ1v) is 5.19. The van der Waals surface area contributed by atoms with Gasteiger partial charge in [0.2, 0.25) is 0 Å². The van der Waals surface area contributed by atoms with Crippen molar-refractivity contribution in [3.63, 3.8) is 0 Å². The predicted octanol–water partition coefficient (Wildman–Crippen LogP) is 3.42. The summed E-state index contributed by atoms with van der Waals surface area (Å²) in [4.78, 5) is 11.5. The van der Waals surface area contributed by atoms with Gasteiger partial charge in [-0.2, -0.15) is 8.78 Å². The van der Waals surface area contributed by atoms with Crippen LogP contribution < -0.4 is 0 Å². The van der Waals surface area contributed by atoms with Gasteiger partial charge in [-0.1, -0.05) is 23.9 Å². The van der Waals surface area contributed by atoms with E-state index in [1.54, 1.807) is 0 Å². The lowest BCUT2D eigenvalue weighted by molar-refractivity contribution is 0.102. The standard InChI is InChI=1S/C9H7ClF2OS/c10-5-8(13)6-1-3-7(4-2-6)14-9(11)12/h1-4,9H,5H2. The molecule has 1 aromatic rings. The van der Waals surface area contributed by atoms with Crippen LogP contribution in [0.4, 0.5) is 8.78 Å². The molecule has 0 saturated heterocycles. The highest BCUT2D eigenvalue weighted by molar-refractivity contribution is 7.99. The topological polar surface area (TPSA) is 17.1 Å². The minimum atomic E-state index is -2.44. The first-order valence-electron chi connectivity index (χ1n) is 3.77. The summed E-state index contributed by atoms with van der Waals surface area (Å²) < 4.78 is 23.8. The summed E-state index contributed by atoms with van der Waals surface area (Å²) in [6.07, 6.45) is 0. The van der Waals surface area contributed by atoms with E-state index in [1.165, 1.54) is 24.3 Å². The lowest BCUT2D eigenvalue weighted by Crippen LogP contribution is -1.99. The fourth-order valence-electron chi connectivity index (χ4n) is 0.899. The second-order valence-electron chi connectivity index (χ2n) is 2.46. The molecule has 0 aliphatic carbocycles. The molecular weight excluding hydrogens is 230 g/mol. The van der Waals surface area contributed by atoms with Gasteiger partial charge in [-0.15, -0.1) is 11.6 Å². The Kier molecular flexibility index (Phi) is 4.35. The van der Waals surface area contributed by atoms with Gasteiger partial charge in [-0.25, -0.2) is 0 Å². The Balaban J connectivity index is 2.73. The Hall–Kier alpha value is -0.610. The fraction of sp³-hybridized carbons (Fsp3) is 0.222. The average molecular weight is 237 g/mol. The number of carbonyl (C=O) groups is 1. The molecule has 0 spiro atoms. The molecule has 76 valence electrons. The van der Waals surface area contributed by atoms with Crippen molar-refractivity contribution in [3.05, 3.63) is 29.8 Å². The summed E-state index contributed by atoms with van der Waals surface area (Å²) >= 11 is 5.78. The van der Waals surface area contributed by atoms with Crippen LogP contribution in [0.5, 0.6) is 0 Å². The van der Waals surface area contributed by atoms with E-state index in [-0.39, 0.29) is 11.7 Å². The van der Waals surface area contributed by atoms with Gasteiger partial charge < -0.3 is 0 Å². The molecular formula is C9H7ClF2OS. The van der Waals surface area contributed by atoms with Gasteiger partial charge in [0.15, 0.2) is 5.78 Å². The number of hydrogen-bond donors (Lipinski definition) is 0. The Bertz CT molecular complexity index is 313. The number of halogens is 3. The third-order valence-corrected chi connectivity index (χ3v) is 2.49. The fourth-order valence-corrected chi connectivity index (χ4v) is 1.55. The van der Waals surface area contributed by atoms with Crippen LogP contribution >= 0.6 is 23.4 Å². The zero-order valence-corrected chi connectivity index (χ0v) is 8.62. The molecule has 0 fully saturated rings. The van der Waals surface area contributed by atoms with Crippen LogP contribution in [0.3, 0.4) is 0 Å². The number of thioether (sulfide) groups is 1. The van der Waals surface area contributed by atoms with E-state index in [4.69, 9.17) is 11.6 Å². The van der Waals surface area contributed by atoms with E-state index in [0.29, 0.717) is 22.2 Å². The van der Waals surface area contributed by atoms with Crippen LogP contribution in [0.2, 0.25) is 0 Å². The molecule has 0 atom stereocenters. The van der Waals surface area contributed by atoms with E-state index in [9.17, 15) is 13.6 Å². The molecule has 0 N–H and O–H groups in total. The number of carbonyl (C=O) groups excluding carboxylic acids is 1. The lowest BCUT2D eigenvalue weighted by Gasteiger charge is -2.01. The Morgan fingerprint density at radius 3 is 2.36 bits per heavy atom. The van der Waals surface area contributed by atoms with Crippen LogP contribution in [0.1, 0.15) is 10.4 Å². The molecule has 1 aromatic carbocycles. The van der Waals surface area contributed by atoms with Gasteiger partial charge >= 0.3 is 0 Å². The summed E-state index contributed by atoms with van der Waals surface area (Å²) in [7, 11) is 0. The molecule has 0 aliphatic heterocycles. The first kappa shape index (κ1) is 11.5. The molecule has 0 radical (unpaired) electrons. The summed E-state index contributed by atoms with van der Waals surface area (Å²) in [6, 6.07) is 5.96. The molecule has 1 nitrogen and oxygen atoms in total. The number of benzene rings is 1. The van der Waals surface area contributed by atoms with Gasteiger partial charge in [0, 0.05) is 10.5 Å². The van der Waals surface area contributed by atoms with Crippen LogP contribution in [-0.4, -0.2) is 17.4 Å². The van der Waals surface area contributed by atoms with Gasteiger partial charge in [0.05, 0.1) is 5.88 Å². The maximum Gasteiger partial charge on any atom is 0.288 e. The molecule has 0 bridgehead atoms. The second kappa shape index (κ2) is 5.32. The molecule has 0 aliphatic rings. The SMILES string of the molecule is O=C(CCl)c1ccc(SC(F)F)cc1. The third kappa shape index (κ3) is 3.27. The highest BCUT2D eigenvalue weighted by Gasteiger charge is 2.07. The largest absolute Gasteiger partial charge is 0.293 e. The van der Waals surface area contributed by atoms with Crippen molar-refractivity contribution in [2.24, 2.45) is 0 Å². The average Bonchev–Trinajstić information content (AvgIpc) is 2.17. The molecule has 1 rings (SSSR count). The molecule has 0 heterocycles. The van der Waals surface area contributed by atoms with Crippen molar-refractivity contribution in [1.29, 1.82) is 0 Å². The Labute approximate surface area is 89.4 Å². The summed E-state index contributed by atoms with van der Waals surface area (Å²) in [5, 5.41) is 0. The smallest absolute Gasteiger partial charge is 0.288 e. The molecule has 0 amide bonds. The first-order chi connectivity index (χ1) is 6.63. The number of alkyl halides is 3. The molecule has 0 unspecified atom stereocenters. The van der Waals surface area contributed by atoms with Crippen molar-refractivity contribution in [2.75, 3.05) is 5.88 Å². The van der Waals surface area contributed by atoms with Crippen molar-refractivity contribution in [2.45, 2.75) is 10.7 Å². The molecule has 5 heteroatoms. The number of Topliss-reactive ketones (excluding diaryl/α,β-unsaturated/α-hetero) is 1. The van der Waals surface area contributed by atoms with Crippen molar-refractivity contribution < 1.29 is 13.6 Å². The monoisotopic (exact) mass is 236 g/mol. The third-order valence-electron chi connectivity index (χ3n) is 1.52.